The average molecular weight is 567 g/mol. The van der Waals surface area contributed by atoms with E-state index in [0.717, 1.165) is 21.2 Å². The Morgan fingerprint density at radius 1 is 0.921 bits per heavy atom. The normalized spacial score (nSPS) is 11.1. The van der Waals surface area contributed by atoms with Gasteiger partial charge in [-0.3, -0.25) is 9.59 Å². The maximum absolute atomic E-state index is 13.2. The number of halogens is 1. The van der Waals surface area contributed by atoms with Crippen molar-refractivity contribution >= 4 is 49.6 Å². The summed E-state index contributed by atoms with van der Waals surface area (Å²) in [5, 5.41) is 3.95. The third kappa shape index (κ3) is 4.31. The molecule has 38 heavy (non-hydrogen) atoms. The van der Waals surface area contributed by atoms with Crippen LogP contribution in [-0.2, 0) is 7.05 Å². The number of hydrogen-bond acceptors (Lipinski definition) is 6. The van der Waals surface area contributed by atoms with Gasteiger partial charge in [0, 0.05) is 41.5 Å². The Kier molecular flexibility index (Phi) is 5.93. The van der Waals surface area contributed by atoms with Crippen molar-refractivity contribution in [3.05, 3.63) is 112 Å². The van der Waals surface area contributed by atoms with Gasteiger partial charge < -0.3 is 19.2 Å². The summed E-state index contributed by atoms with van der Waals surface area (Å²) in [4.78, 5) is 39.3. The van der Waals surface area contributed by atoms with Crippen LogP contribution in [0.15, 0.2) is 101 Å². The Labute approximate surface area is 224 Å². The molecular weight excluding hydrogens is 548 g/mol. The zero-order chi connectivity index (χ0) is 26.2. The molecule has 4 aromatic heterocycles. The summed E-state index contributed by atoms with van der Waals surface area (Å²) >= 11 is 3.43. The number of rotatable bonds is 5. The summed E-state index contributed by atoms with van der Waals surface area (Å²) in [5.74, 6) is 0.453. The van der Waals surface area contributed by atoms with Crippen molar-refractivity contribution in [3.63, 3.8) is 0 Å². The predicted molar refractivity (Wildman–Crippen MR) is 148 cm³/mol. The number of carbonyl (C=O) groups is 1. The lowest BCUT2D eigenvalue weighted by molar-refractivity contribution is 0.102. The molecule has 6 aromatic rings. The number of aromatic nitrogens is 5. The molecule has 0 unspecified atom stereocenters. The average Bonchev–Trinajstić information content (AvgIpc) is 3.32. The van der Waals surface area contributed by atoms with Gasteiger partial charge in [0.2, 0.25) is 11.3 Å². The van der Waals surface area contributed by atoms with Gasteiger partial charge in [0.25, 0.3) is 5.91 Å². The highest BCUT2D eigenvalue weighted by Crippen LogP contribution is 2.28. The molecule has 0 aliphatic heterocycles. The minimum Gasteiger partial charge on any atom is -0.438 e. The quantitative estimate of drug-likeness (QED) is 0.296. The molecule has 10 heteroatoms. The Balaban J connectivity index is 1.28. The van der Waals surface area contributed by atoms with Gasteiger partial charge >= 0.3 is 0 Å². The number of carbonyl (C=O) groups excluding carboxylic acids is 1. The molecule has 4 heterocycles. The molecule has 0 saturated heterocycles. The molecule has 0 spiro atoms. The first-order valence-corrected chi connectivity index (χ1v) is 12.4. The molecule has 9 nitrogen and oxygen atoms in total. The van der Waals surface area contributed by atoms with Crippen LogP contribution >= 0.6 is 15.9 Å². The highest BCUT2D eigenvalue weighted by molar-refractivity contribution is 9.10. The smallest absolute Gasteiger partial charge is 0.261 e. The summed E-state index contributed by atoms with van der Waals surface area (Å²) in [5.41, 5.74) is 2.12. The van der Waals surface area contributed by atoms with Crippen LogP contribution in [-0.4, -0.2) is 30.0 Å². The first-order chi connectivity index (χ1) is 18.5. The molecule has 0 bridgehead atoms. The number of fused-ring (bicyclic) bond motifs is 2. The zero-order valence-corrected chi connectivity index (χ0v) is 21.6. The molecule has 0 aliphatic carbocycles. The molecule has 2 aromatic carbocycles. The Bertz CT molecular complexity index is 1880. The molecule has 0 fully saturated rings. The number of pyridine rings is 2. The van der Waals surface area contributed by atoms with Crippen LogP contribution in [0.2, 0.25) is 0 Å². The van der Waals surface area contributed by atoms with E-state index in [1.807, 2.05) is 48.1 Å². The predicted octanol–water partition coefficient (Wildman–Crippen LogP) is 5.47. The minimum atomic E-state index is -0.526. The fourth-order valence-corrected chi connectivity index (χ4v) is 4.44. The number of nitrogens with zero attached hydrogens (tertiary/aromatic N) is 5. The fraction of sp³-hybridized carbons (Fsp3) is 0.0357. The zero-order valence-electron chi connectivity index (χ0n) is 20.0. The molecule has 186 valence electrons. The maximum atomic E-state index is 13.2. The van der Waals surface area contributed by atoms with Crippen molar-refractivity contribution in [2.24, 2.45) is 7.05 Å². The Morgan fingerprint density at radius 3 is 2.50 bits per heavy atom. The van der Waals surface area contributed by atoms with Crippen LogP contribution in [0, 0.1) is 0 Å². The van der Waals surface area contributed by atoms with Gasteiger partial charge in [-0.25, -0.2) is 15.0 Å². The lowest BCUT2D eigenvalue weighted by Crippen LogP contribution is -2.24. The van der Waals surface area contributed by atoms with Crippen LogP contribution in [0.5, 0.6) is 11.6 Å². The van der Waals surface area contributed by atoms with Crippen molar-refractivity contribution in [2.75, 3.05) is 5.32 Å². The van der Waals surface area contributed by atoms with Gasteiger partial charge in [0.05, 0.1) is 10.8 Å². The number of aryl methyl sites for hydroxylation is 1. The van der Waals surface area contributed by atoms with E-state index in [2.05, 4.69) is 36.2 Å². The van der Waals surface area contributed by atoms with Crippen molar-refractivity contribution in [3.8, 4) is 17.3 Å². The molecule has 0 aliphatic rings. The van der Waals surface area contributed by atoms with E-state index in [4.69, 9.17) is 4.74 Å². The Hall–Kier alpha value is -4.83. The summed E-state index contributed by atoms with van der Waals surface area (Å²) < 4.78 is 10.5. The van der Waals surface area contributed by atoms with Crippen molar-refractivity contribution in [2.45, 2.75) is 0 Å². The fourth-order valence-electron chi connectivity index (χ4n) is 4.17. The molecule has 0 atom stereocenters. The molecule has 1 amide bonds. The first kappa shape index (κ1) is 23.6. The number of anilines is 1. The molecule has 1 N–H and O–H groups in total. The third-order valence-corrected chi connectivity index (χ3v) is 6.59. The topological polar surface area (TPSA) is 104 Å². The number of ether oxygens (including phenoxy) is 1. The van der Waals surface area contributed by atoms with E-state index in [1.54, 1.807) is 47.2 Å². The van der Waals surface area contributed by atoms with Crippen molar-refractivity contribution in [1.82, 2.24) is 24.1 Å². The summed E-state index contributed by atoms with van der Waals surface area (Å²) in [6.07, 6.45) is 6.48. The molecular formula is C28H19BrN6O3. The maximum Gasteiger partial charge on any atom is 0.261 e. The van der Waals surface area contributed by atoms with Crippen LogP contribution in [0.4, 0.5) is 5.69 Å². The number of hydrogen-bond donors (Lipinski definition) is 1. The monoisotopic (exact) mass is 566 g/mol. The molecule has 0 radical (unpaired) electrons. The minimum absolute atomic E-state index is 0.00111. The van der Waals surface area contributed by atoms with E-state index in [9.17, 15) is 9.59 Å². The summed E-state index contributed by atoms with van der Waals surface area (Å²) in [7, 11) is 1.90. The van der Waals surface area contributed by atoms with Gasteiger partial charge in [-0.2, -0.15) is 0 Å². The largest absolute Gasteiger partial charge is 0.438 e. The van der Waals surface area contributed by atoms with E-state index in [-0.39, 0.29) is 5.56 Å². The summed E-state index contributed by atoms with van der Waals surface area (Å²) in [6.45, 7) is 0. The second-order valence-corrected chi connectivity index (χ2v) is 9.43. The van der Waals surface area contributed by atoms with E-state index in [0.29, 0.717) is 28.4 Å². The molecule has 0 saturated carbocycles. The van der Waals surface area contributed by atoms with Crippen LogP contribution in [0.25, 0.3) is 27.8 Å². The SMILES string of the molecule is Cn1ccc2c(Oc3ccc(NC(=O)c4cn(-c5ccc(Br)cc5)c5ncccc5c4=O)cc3)ncnc21. The highest BCUT2D eigenvalue weighted by Gasteiger charge is 2.17. The van der Waals surface area contributed by atoms with Crippen molar-refractivity contribution in [1.29, 1.82) is 0 Å². The third-order valence-electron chi connectivity index (χ3n) is 6.06. The lowest BCUT2D eigenvalue weighted by atomic mass is 10.1. The second-order valence-electron chi connectivity index (χ2n) is 8.52. The van der Waals surface area contributed by atoms with E-state index < -0.39 is 11.3 Å². The number of amides is 1. The number of benzene rings is 2. The second kappa shape index (κ2) is 9.56. The highest BCUT2D eigenvalue weighted by atomic mass is 79.9. The van der Waals surface area contributed by atoms with Gasteiger partial charge in [-0.15, -0.1) is 0 Å². The van der Waals surface area contributed by atoms with Crippen LogP contribution < -0.4 is 15.5 Å². The lowest BCUT2D eigenvalue weighted by Gasteiger charge is -2.13. The van der Waals surface area contributed by atoms with Gasteiger partial charge in [0.15, 0.2) is 0 Å². The van der Waals surface area contributed by atoms with E-state index in [1.165, 1.54) is 12.5 Å². The van der Waals surface area contributed by atoms with Crippen LogP contribution in [0.1, 0.15) is 10.4 Å². The molecule has 6 rings (SSSR count). The van der Waals surface area contributed by atoms with Gasteiger partial charge in [-0.1, -0.05) is 15.9 Å². The first-order valence-electron chi connectivity index (χ1n) is 11.6. The van der Waals surface area contributed by atoms with Gasteiger partial charge in [0.1, 0.15) is 28.9 Å². The van der Waals surface area contributed by atoms with E-state index >= 15 is 0 Å². The van der Waals surface area contributed by atoms with Crippen LogP contribution in [0.3, 0.4) is 0 Å². The van der Waals surface area contributed by atoms with Gasteiger partial charge in [-0.05, 0) is 66.7 Å². The Morgan fingerprint density at radius 2 is 1.71 bits per heavy atom. The standard InChI is InChI=1S/C28H19BrN6O3/c1-34-14-12-22-25(34)31-16-32-28(22)38-20-10-6-18(7-11-20)33-27(37)23-15-35(19-8-4-17(29)5-9-19)26-21(24(23)36)3-2-13-30-26/h2-16H,1H3,(H,33,37). The number of nitrogens with one attached hydrogen (secondary N) is 1. The summed E-state index contributed by atoms with van der Waals surface area (Å²) in [6, 6.07) is 19.6. The van der Waals surface area contributed by atoms with Crippen molar-refractivity contribution < 1.29 is 9.53 Å².